The number of esters is 2. The van der Waals surface area contributed by atoms with Gasteiger partial charge in [-0.05, 0) is 0 Å². The lowest BCUT2D eigenvalue weighted by Crippen LogP contribution is -2.60. The largest absolute Gasteiger partial charge is 0.479 e. The number of aliphatic hydroxyl groups excluding tert-OH is 3. The van der Waals surface area contributed by atoms with Gasteiger partial charge in [-0.3, -0.25) is 9.59 Å². The molecule has 0 radical (unpaired) electrons. The van der Waals surface area contributed by atoms with Crippen LogP contribution in [-0.2, 0) is 33.3 Å². The monoisotopic (exact) mass is 352 g/mol. The third kappa shape index (κ3) is 5.69. The van der Waals surface area contributed by atoms with Gasteiger partial charge in [-0.25, -0.2) is 4.79 Å². The van der Waals surface area contributed by atoms with Gasteiger partial charge in [0.05, 0.1) is 6.61 Å². The summed E-state index contributed by atoms with van der Waals surface area (Å²) in [5, 5.41) is 37.9. The van der Waals surface area contributed by atoms with Crippen LogP contribution in [-0.4, -0.2) is 88.4 Å². The molecule has 0 amide bonds. The standard InChI is InChI=1S/C13H20O11/c1-5(14)21-3-7(23-6(2)15)4-22-13-10(18)8(16)9(17)11(24-13)12(19)20/h7-11,13,16-18H,3-4H2,1-2H3,(H,19,20). The zero-order valence-corrected chi connectivity index (χ0v) is 13.0. The lowest BCUT2D eigenvalue weighted by molar-refractivity contribution is -0.298. The molecule has 138 valence electrons. The van der Waals surface area contributed by atoms with Gasteiger partial charge in [0.15, 0.2) is 18.5 Å². The Hall–Kier alpha value is -1.79. The van der Waals surface area contributed by atoms with Gasteiger partial charge >= 0.3 is 17.9 Å². The molecule has 0 bridgehead atoms. The first-order chi connectivity index (χ1) is 11.1. The van der Waals surface area contributed by atoms with Crippen molar-refractivity contribution >= 4 is 17.9 Å². The van der Waals surface area contributed by atoms with Crippen molar-refractivity contribution in [2.45, 2.75) is 50.7 Å². The van der Waals surface area contributed by atoms with Crippen LogP contribution in [0.1, 0.15) is 13.8 Å². The van der Waals surface area contributed by atoms with Gasteiger partial charge in [-0.1, -0.05) is 0 Å². The van der Waals surface area contributed by atoms with E-state index < -0.39 is 61.3 Å². The highest BCUT2D eigenvalue weighted by molar-refractivity contribution is 5.73. The zero-order valence-electron chi connectivity index (χ0n) is 13.0. The van der Waals surface area contributed by atoms with Gasteiger partial charge in [0, 0.05) is 13.8 Å². The number of carboxylic acid groups (broad SMARTS) is 1. The quantitative estimate of drug-likeness (QED) is 0.354. The Bertz CT molecular complexity index is 465. The molecule has 6 atom stereocenters. The van der Waals surface area contributed by atoms with E-state index in [1.165, 1.54) is 0 Å². The van der Waals surface area contributed by atoms with Gasteiger partial charge in [-0.15, -0.1) is 0 Å². The topological polar surface area (TPSA) is 169 Å². The first-order valence-corrected chi connectivity index (χ1v) is 6.98. The van der Waals surface area contributed by atoms with Crippen LogP contribution < -0.4 is 0 Å². The fourth-order valence-electron chi connectivity index (χ4n) is 1.95. The second kappa shape index (κ2) is 8.89. The smallest absolute Gasteiger partial charge is 0.335 e. The van der Waals surface area contributed by atoms with Crippen molar-refractivity contribution in [1.82, 2.24) is 0 Å². The summed E-state index contributed by atoms with van der Waals surface area (Å²) < 4.78 is 19.5. The fraction of sp³-hybridized carbons (Fsp3) is 0.769. The van der Waals surface area contributed by atoms with Crippen LogP contribution in [0.2, 0.25) is 0 Å². The number of hydrogen-bond donors (Lipinski definition) is 4. The Morgan fingerprint density at radius 1 is 1.00 bits per heavy atom. The predicted molar refractivity (Wildman–Crippen MR) is 72.5 cm³/mol. The summed E-state index contributed by atoms with van der Waals surface area (Å²) >= 11 is 0. The van der Waals surface area contributed by atoms with E-state index in [1.54, 1.807) is 0 Å². The molecule has 0 aliphatic carbocycles. The molecule has 1 fully saturated rings. The Morgan fingerprint density at radius 3 is 2.12 bits per heavy atom. The molecule has 0 spiro atoms. The molecule has 0 aromatic heterocycles. The number of ether oxygens (including phenoxy) is 4. The molecule has 1 aliphatic heterocycles. The van der Waals surface area contributed by atoms with Crippen molar-refractivity contribution in [3.8, 4) is 0 Å². The van der Waals surface area contributed by atoms with E-state index in [0.29, 0.717) is 0 Å². The minimum absolute atomic E-state index is 0.328. The summed E-state index contributed by atoms with van der Waals surface area (Å²) in [6, 6.07) is 0. The zero-order chi connectivity index (χ0) is 18.4. The summed E-state index contributed by atoms with van der Waals surface area (Å²) in [6.07, 6.45) is -9.83. The number of carboxylic acids is 1. The average molecular weight is 352 g/mol. The number of aliphatic carboxylic acids is 1. The molecular formula is C13H20O11. The van der Waals surface area contributed by atoms with Crippen LogP contribution in [0.3, 0.4) is 0 Å². The number of hydrogen-bond acceptors (Lipinski definition) is 10. The van der Waals surface area contributed by atoms with E-state index in [2.05, 4.69) is 4.74 Å². The molecule has 0 aromatic rings. The summed E-state index contributed by atoms with van der Waals surface area (Å²) in [4.78, 5) is 32.8. The fourth-order valence-corrected chi connectivity index (χ4v) is 1.95. The van der Waals surface area contributed by atoms with Crippen LogP contribution in [0.4, 0.5) is 0 Å². The highest BCUT2D eigenvalue weighted by Crippen LogP contribution is 2.22. The lowest BCUT2D eigenvalue weighted by Gasteiger charge is -2.38. The Morgan fingerprint density at radius 2 is 1.62 bits per heavy atom. The van der Waals surface area contributed by atoms with Crippen molar-refractivity contribution in [1.29, 1.82) is 0 Å². The third-order valence-corrected chi connectivity index (χ3v) is 3.06. The van der Waals surface area contributed by atoms with Crippen molar-refractivity contribution in [2.24, 2.45) is 0 Å². The molecule has 11 nitrogen and oxygen atoms in total. The molecule has 1 saturated heterocycles. The van der Waals surface area contributed by atoms with Gasteiger partial charge in [0.25, 0.3) is 0 Å². The van der Waals surface area contributed by atoms with Gasteiger partial charge in [0.1, 0.15) is 24.9 Å². The normalized spacial score (nSPS) is 31.1. The molecule has 11 heteroatoms. The summed E-state index contributed by atoms with van der Waals surface area (Å²) in [7, 11) is 0. The van der Waals surface area contributed by atoms with Gasteiger partial charge in [0.2, 0.25) is 0 Å². The number of carbonyl (C=O) groups is 3. The highest BCUT2D eigenvalue weighted by Gasteiger charge is 2.47. The second-order valence-corrected chi connectivity index (χ2v) is 5.10. The third-order valence-electron chi connectivity index (χ3n) is 3.06. The van der Waals surface area contributed by atoms with E-state index in [4.69, 9.17) is 19.3 Å². The van der Waals surface area contributed by atoms with Crippen LogP contribution in [0.5, 0.6) is 0 Å². The van der Waals surface area contributed by atoms with Gasteiger partial charge < -0.3 is 39.4 Å². The lowest BCUT2D eigenvalue weighted by atomic mass is 9.99. The van der Waals surface area contributed by atoms with Crippen LogP contribution in [0, 0.1) is 0 Å². The summed E-state index contributed by atoms with van der Waals surface area (Å²) in [6.45, 7) is 1.52. The maximum atomic E-state index is 11.0. The van der Waals surface area contributed by atoms with Crippen LogP contribution >= 0.6 is 0 Å². The second-order valence-electron chi connectivity index (χ2n) is 5.10. The maximum Gasteiger partial charge on any atom is 0.335 e. The van der Waals surface area contributed by atoms with Crippen LogP contribution in [0.25, 0.3) is 0 Å². The number of aliphatic hydroxyl groups is 3. The Labute approximate surface area is 136 Å². The maximum absolute atomic E-state index is 11.0. The summed E-state index contributed by atoms with van der Waals surface area (Å²) in [5.74, 6) is -2.86. The highest BCUT2D eigenvalue weighted by atomic mass is 16.7. The molecule has 24 heavy (non-hydrogen) atoms. The van der Waals surface area contributed by atoms with Crippen LogP contribution in [0.15, 0.2) is 0 Å². The summed E-state index contributed by atoms with van der Waals surface area (Å²) in [5.41, 5.74) is 0. The van der Waals surface area contributed by atoms with Crippen molar-refractivity contribution in [3.63, 3.8) is 0 Å². The van der Waals surface area contributed by atoms with E-state index in [-0.39, 0.29) is 6.61 Å². The molecular weight excluding hydrogens is 332 g/mol. The minimum atomic E-state index is -1.84. The molecule has 4 N–H and O–H groups in total. The first kappa shape index (κ1) is 20.3. The van der Waals surface area contributed by atoms with Crippen molar-refractivity contribution in [3.05, 3.63) is 0 Å². The van der Waals surface area contributed by atoms with E-state index >= 15 is 0 Å². The van der Waals surface area contributed by atoms with Gasteiger partial charge in [-0.2, -0.15) is 0 Å². The molecule has 0 aromatic carbocycles. The average Bonchev–Trinajstić information content (AvgIpc) is 2.48. The van der Waals surface area contributed by atoms with E-state index in [1.807, 2.05) is 0 Å². The SMILES string of the molecule is CC(=O)OCC(COC1OC(C(=O)O)C(O)C(O)C1O)OC(C)=O. The van der Waals surface area contributed by atoms with Crippen molar-refractivity contribution < 1.29 is 53.8 Å². The molecule has 0 saturated carbocycles. The number of rotatable bonds is 7. The molecule has 1 aliphatic rings. The molecule has 1 heterocycles. The van der Waals surface area contributed by atoms with Crippen molar-refractivity contribution in [2.75, 3.05) is 13.2 Å². The Balaban J connectivity index is 2.67. The van der Waals surface area contributed by atoms with E-state index in [0.717, 1.165) is 13.8 Å². The van der Waals surface area contributed by atoms with E-state index in [9.17, 15) is 29.7 Å². The molecule has 1 rings (SSSR count). The Kier molecular flexibility index (Phi) is 7.51. The number of carbonyl (C=O) groups excluding carboxylic acids is 2. The molecule has 6 unspecified atom stereocenters. The first-order valence-electron chi connectivity index (χ1n) is 6.98. The minimum Gasteiger partial charge on any atom is -0.479 e. The predicted octanol–water partition coefficient (Wildman–Crippen LogP) is -2.61.